The second-order valence-corrected chi connectivity index (χ2v) is 5.99. The summed E-state index contributed by atoms with van der Waals surface area (Å²) in [5.74, 6) is 2.23. The summed E-state index contributed by atoms with van der Waals surface area (Å²) in [4.78, 5) is 13.9. The molecule has 3 nitrogen and oxygen atoms in total. The Labute approximate surface area is 104 Å². The van der Waals surface area contributed by atoms with Crippen molar-refractivity contribution < 1.29 is 4.79 Å². The fraction of sp³-hybridized carbons (Fsp3) is 0.929. The van der Waals surface area contributed by atoms with E-state index in [1.54, 1.807) is 0 Å². The third kappa shape index (κ3) is 3.01. The van der Waals surface area contributed by atoms with E-state index in [9.17, 15) is 4.79 Å². The van der Waals surface area contributed by atoms with Gasteiger partial charge in [0, 0.05) is 32.1 Å². The number of likely N-dealkylation sites (tertiary alicyclic amines) is 1. The molecular formula is C14H24N2O. The molecule has 0 aromatic rings. The summed E-state index contributed by atoms with van der Waals surface area (Å²) in [6.45, 7) is 2.88. The largest absolute Gasteiger partial charge is 0.343 e. The van der Waals surface area contributed by atoms with Crippen LogP contribution in [0.5, 0.6) is 0 Å². The van der Waals surface area contributed by atoms with E-state index in [2.05, 4.69) is 5.32 Å². The monoisotopic (exact) mass is 236 g/mol. The van der Waals surface area contributed by atoms with Crippen LogP contribution in [0.1, 0.15) is 44.9 Å². The Morgan fingerprint density at radius 3 is 2.24 bits per heavy atom. The minimum atomic E-state index is 0.361. The van der Waals surface area contributed by atoms with Gasteiger partial charge < -0.3 is 10.2 Å². The normalized spacial score (nSPS) is 24.6. The van der Waals surface area contributed by atoms with E-state index < -0.39 is 0 Å². The maximum Gasteiger partial charge on any atom is 0.223 e. The first-order valence-electron chi connectivity index (χ1n) is 7.36. The topological polar surface area (TPSA) is 32.3 Å². The van der Waals surface area contributed by atoms with Gasteiger partial charge in [0.1, 0.15) is 0 Å². The first-order chi connectivity index (χ1) is 8.34. The molecule has 1 saturated heterocycles. The minimum Gasteiger partial charge on any atom is -0.343 e. The predicted octanol–water partition coefficient (Wildman–Crippen LogP) is 1.78. The molecule has 3 aliphatic rings. The van der Waals surface area contributed by atoms with Crippen LogP contribution in [0.3, 0.4) is 0 Å². The molecule has 3 rings (SSSR count). The van der Waals surface area contributed by atoms with Crippen molar-refractivity contribution in [2.75, 3.05) is 19.6 Å². The standard InChI is InChI=1S/C14H24N2O/c17-13(16-9-1-2-10-16)7-8-15-14(11-3-4-11)12-5-6-12/h11-12,14-15H,1-10H2. The van der Waals surface area contributed by atoms with Gasteiger partial charge in [-0.1, -0.05) is 0 Å². The highest BCUT2D eigenvalue weighted by Gasteiger charge is 2.40. The van der Waals surface area contributed by atoms with Crippen LogP contribution in [0.15, 0.2) is 0 Å². The molecule has 0 radical (unpaired) electrons. The molecule has 3 heteroatoms. The fourth-order valence-corrected chi connectivity index (χ4v) is 3.10. The number of hydrogen-bond donors (Lipinski definition) is 1. The second kappa shape index (κ2) is 4.97. The second-order valence-electron chi connectivity index (χ2n) is 5.99. The molecular weight excluding hydrogens is 212 g/mol. The van der Waals surface area contributed by atoms with Crippen molar-refractivity contribution in [2.45, 2.75) is 51.0 Å². The molecule has 1 heterocycles. The average molecular weight is 236 g/mol. The van der Waals surface area contributed by atoms with Crippen molar-refractivity contribution in [1.82, 2.24) is 10.2 Å². The van der Waals surface area contributed by atoms with Gasteiger partial charge in [0.25, 0.3) is 0 Å². The first kappa shape index (κ1) is 11.5. The van der Waals surface area contributed by atoms with Crippen LogP contribution in [0, 0.1) is 11.8 Å². The third-order valence-corrected chi connectivity index (χ3v) is 4.44. The quantitative estimate of drug-likeness (QED) is 0.762. The van der Waals surface area contributed by atoms with E-state index in [1.165, 1.54) is 38.5 Å². The number of carbonyl (C=O) groups is 1. The molecule has 3 fully saturated rings. The van der Waals surface area contributed by atoms with Gasteiger partial charge in [-0.3, -0.25) is 4.79 Å². The van der Waals surface area contributed by atoms with E-state index in [4.69, 9.17) is 0 Å². The molecule has 17 heavy (non-hydrogen) atoms. The lowest BCUT2D eigenvalue weighted by atomic mass is 10.1. The van der Waals surface area contributed by atoms with Gasteiger partial charge in [-0.05, 0) is 50.4 Å². The van der Waals surface area contributed by atoms with Crippen LogP contribution < -0.4 is 5.32 Å². The molecule has 0 bridgehead atoms. The van der Waals surface area contributed by atoms with Gasteiger partial charge in [0.15, 0.2) is 0 Å². The first-order valence-corrected chi connectivity index (χ1v) is 7.36. The summed E-state index contributed by atoms with van der Waals surface area (Å²) >= 11 is 0. The zero-order chi connectivity index (χ0) is 11.7. The van der Waals surface area contributed by atoms with Gasteiger partial charge in [-0.2, -0.15) is 0 Å². The SMILES string of the molecule is O=C(CCNC(C1CC1)C1CC1)N1CCCC1. The van der Waals surface area contributed by atoms with Gasteiger partial charge in [-0.15, -0.1) is 0 Å². The number of hydrogen-bond acceptors (Lipinski definition) is 2. The Balaban J connectivity index is 1.37. The van der Waals surface area contributed by atoms with E-state index in [0.717, 1.165) is 37.5 Å². The van der Waals surface area contributed by atoms with Gasteiger partial charge in [0.05, 0.1) is 0 Å². The van der Waals surface area contributed by atoms with Crippen molar-refractivity contribution in [3.8, 4) is 0 Å². The zero-order valence-electron chi connectivity index (χ0n) is 10.7. The molecule has 0 spiro atoms. The molecule has 2 saturated carbocycles. The highest BCUT2D eigenvalue weighted by molar-refractivity contribution is 5.76. The summed E-state index contributed by atoms with van der Waals surface area (Å²) in [7, 11) is 0. The maximum atomic E-state index is 11.9. The van der Waals surface area contributed by atoms with E-state index in [0.29, 0.717) is 12.3 Å². The lowest BCUT2D eigenvalue weighted by Crippen LogP contribution is -2.37. The number of carbonyl (C=O) groups excluding carboxylic acids is 1. The summed E-state index contributed by atoms with van der Waals surface area (Å²) in [5.41, 5.74) is 0. The molecule has 0 unspecified atom stereocenters. The summed E-state index contributed by atoms with van der Waals surface area (Å²) < 4.78 is 0. The van der Waals surface area contributed by atoms with Crippen LogP contribution in [0.25, 0.3) is 0 Å². The van der Waals surface area contributed by atoms with Gasteiger partial charge in [0.2, 0.25) is 5.91 Å². The lowest BCUT2D eigenvalue weighted by Gasteiger charge is -2.19. The highest BCUT2D eigenvalue weighted by atomic mass is 16.2. The minimum absolute atomic E-state index is 0.361. The average Bonchev–Trinajstić information content (AvgIpc) is 3.25. The van der Waals surface area contributed by atoms with E-state index >= 15 is 0 Å². The molecule has 1 aliphatic heterocycles. The Kier molecular flexibility index (Phi) is 3.37. The smallest absolute Gasteiger partial charge is 0.223 e. The van der Waals surface area contributed by atoms with Crippen LogP contribution in [0.2, 0.25) is 0 Å². The summed E-state index contributed by atoms with van der Waals surface area (Å²) in [6.07, 6.45) is 8.75. The van der Waals surface area contributed by atoms with E-state index in [1.807, 2.05) is 4.90 Å². The summed E-state index contributed by atoms with van der Waals surface area (Å²) in [6, 6.07) is 0.737. The van der Waals surface area contributed by atoms with Gasteiger partial charge in [-0.25, -0.2) is 0 Å². The lowest BCUT2D eigenvalue weighted by molar-refractivity contribution is -0.130. The van der Waals surface area contributed by atoms with Crippen LogP contribution in [-0.2, 0) is 4.79 Å². The Hall–Kier alpha value is -0.570. The number of amides is 1. The van der Waals surface area contributed by atoms with Crippen molar-refractivity contribution in [1.29, 1.82) is 0 Å². The molecule has 96 valence electrons. The molecule has 1 amide bonds. The predicted molar refractivity (Wildman–Crippen MR) is 67.7 cm³/mol. The maximum absolute atomic E-state index is 11.9. The van der Waals surface area contributed by atoms with Crippen molar-refractivity contribution in [2.24, 2.45) is 11.8 Å². The van der Waals surface area contributed by atoms with Crippen molar-refractivity contribution >= 4 is 5.91 Å². The Morgan fingerprint density at radius 2 is 1.71 bits per heavy atom. The number of nitrogens with one attached hydrogen (secondary N) is 1. The van der Waals surface area contributed by atoms with Crippen LogP contribution in [0.4, 0.5) is 0 Å². The molecule has 0 aromatic carbocycles. The zero-order valence-corrected chi connectivity index (χ0v) is 10.7. The van der Waals surface area contributed by atoms with E-state index in [-0.39, 0.29) is 0 Å². The molecule has 0 aromatic heterocycles. The van der Waals surface area contributed by atoms with Crippen molar-refractivity contribution in [3.63, 3.8) is 0 Å². The highest BCUT2D eigenvalue weighted by Crippen LogP contribution is 2.44. The number of nitrogens with zero attached hydrogens (tertiary/aromatic N) is 1. The van der Waals surface area contributed by atoms with Crippen LogP contribution in [-0.4, -0.2) is 36.5 Å². The summed E-state index contributed by atoms with van der Waals surface area (Å²) in [5, 5.41) is 3.65. The molecule has 0 atom stereocenters. The molecule has 2 aliphatic carbocycles. The fourth-order valence-electron chi connectivity index (χ4n) is 3.10. The number of rotatable bonds is 6. The Bertz CT molecular complexity index is 266. The Morgan fingerprint density at radius 1 is 1.12 bits per heavy atom. The third-order valence-electron chi connectivity index (χ3n) is 4.44. The van der Waals surface area contributed by atoms with Crippen molar-refractivity contribution in [3.05, 3.63) is 0 Å². The molecule has 1 N–H and O–H groups in total. The van der Waals surface area contributed by atoms with Crippen LogP contribution >= 0.6 is 0 Å². The van der Waals surface area contributed by atoms with Gasteiger partial charge >= 0.3 is 0 Å².